The first-order valence-corrected chi connectivity index (χ1v) is 16.7. The number of hydrogen-bond acceptors (Lipinski definition) is 9. The molecule has 3 N–H and O–H groups in total. The van der Waals surface area contributed by atoms with Crippen LogP contribution in [0.4, 0.5) is 19.0 Å². The van der Waals surface area contributed by atoms with Gasteiger partial charge in [-0.3, -0.25) is 9.88 Å². The molecule has 2 aromatic heterocycles. The lowest BCUT2D eigenvalue weighted by atomic mass is 9.94. The number of hydrogen-bond donors (Lipinski definition) is 2. The monoisotopic (exact) mass is 642 g/mol. The molecule has 4 aromatic rings. The zero-order valence-electron chi connectivity index (χ0n) is 24.6. The van der Waals surface area contributed by atoms with E-state index in [1.165, 1.54) is 30.5 Å². The number of halogens is 3. The van der Waals surface area contributed by atoms with Gasteiger partial charge in [0.15, 0.2) is 5.82 Å². The number of rotatable bonds is 8. The van der Waals surface area contributed by atoms with Gasteiger partial charge in [-0.2, -0.15) is 9.97 Å². The van der Waals surface area contributed by atoms with Gasteiger partial charge in [-0.05, 0) is 60.3 Å². The van der Waals surface area contributed by atoms with Crippen molar-refractivity contribution in [3.8, 4) is 23.0 Å². The number of nitrogens with two attached hydrogens (primary N) is 1. The van der Waals surface area contributed by atoms with Crippen LogP contribution < -0.4 is 14.8 Å². The summed E-state index contributed by atoms with van der Waals surface area (Å²) in [6, 6.07) is 5.58. The first-order valence-electron chi connectivity index (χ1n) is 15.0. The average Bonchev–Trinajstić information content (AvgIpc) is 3.49. The maximum absolute atomic E-state index is 16.6. The van der Waals surface area contributed by atoms with E-state index in [2.05, 4.69) is 19.9 Å². The summed E-state index contributed by atoms with van der Waals surface area (Å²) in [6.07, 6.45) is 2.80. The highest BCUT2D eigenvalue weighted by molar-refractivity contribution is 7.89. The number of alkyl halides is 1. The van der Waals surface area contributed by atoms with Crippen LogP contribution in [-0.2, 0) is 16.4 Å². The summed E-state index contributed by atoms with van der Waals surface area (Å²) in [5, 5.41) is 17.0. The number of primary sulfonamides is 1. The van der Waals surface area contributed by atoms with Crippen molar-refractivity contribution in [1.29, 1.82) is 0 Å². The van der Waals surface area contributed by atoms with E-state index in [0.717, 1.165) is 19.4 Å². The Kier molecular flexibility index (Phi) is 7.28. The van der Waals surface area contributed by atoms with E-state index in [-0.39, 0.29) is 52.2 Å². The lowest BCUT2D eigenvalue weighted by molar-refractivity contribution is 0.107. The average molecular weight is 643 g/mol. The van der Waals surface area contributed by atoms with Crippen LogP contribution in [0.1, 0.15) is 31.7 Å². The van der Waals surface area contributed by atoms with Crippen LogP contribution in [0.25, 0.3) is 32.9 Å². The van der Waals surface area contributed by atoms with Crippen molar-refractivity contribution in [1.82, 2.24) is 19.9 Å². The van der Waals surface area contributed by atoms with Crippen LogP contribution in [0.2, 0.25) is 0 Å². The summed E-state index contributed by atoms with van der Waals surface area (Å²) in [4.78, 5) is 17.3. The summed E-state index contributed by atoms with van der Waals surface area (Å²) >= 11 is 0. The van der Waals surface area contributed by atoms with Crippen molar-refractivity contribution >= 4 is 37.5 Å². The minimum atomic E-state index is -3.68. The Balaban J connectivity index is 1.34. The fourth-order valence-corrected chi connectivity index (χ4v) is 8.24. The number of phenols is 1. The number of ether oxygens (including phenoxy) is 1. The van der Waals surface area contributed by atoms with Crippen LogP contribution in [0, 0.1) is 17.6 Å². The van der Waals surface area contributed by atoms with Gasteiger partial charge in [-0.25, -0.2) is 26.7 Å². The van der Waals surface area contributed by atoms with Crippen molar-refractivity contribution in [2.75, 3.05) is 43.4 Å². The van der Waals surface area contributed by atoms with Crippen molar-refractivity contribution in [2.45, 2.75) is 44.3 Å². The molecule has 14 heteroatoms. The van der Waals surface area contributed by atoms with E-state index < -0.39 is 33.4 Å². The lowest BCUT2D eigenvalue weighted by Crippen LogP contribution is -2.50. The van der Waals surface area contributed by atoms with E-state index in [4.69, 9.17) is 9.88 Å². The molecule has 0 aliphatic carbocycles. The maximum Gasteiger partial charge on any atom is 0.319 e. The van der Waals surface area contributed by atoms with Gasteiger partial charge in [0, 0.05) is 43.7 Å². The first-order chi connectivity index (χ1) is 21.4. The first kappa shape index (κ1) is 29.9. The van der Waals surface area contributed by atoms with Crippen LogP contribution >= 0.6 is 0 Å². The number of fused-ring (bicyclic) bond motifs is 3. The third-order valence-corrected chi connectivity index (χ3v) is 10.3. The van der Waals surface area contributed by atoms with Crippen molar-refractivity contribution in [2.24, 2.45) is 11.1 Å². The molecule has 0 amide bonds. The van der Waals surface area contributed by atoms with Crippen LogP contribution in [0.5, 0.6) is 11.8 Å². The zero-order chi connectivity index (χ0) is 31.7. The third kappa shape index (κ3) is 5.32. The van der Waals surface area contributed by atoms with E-state index in [9.17, 15) is 22.3 Å². The Morgan fingerprint density at radius 2 is 1.98 bits per heavy atom. The smallest absolute Gasteiger partial charge is 0.319 e. The molecule has 0 saturated carbocycles. The van der Waals surface area contributed by atoms with Crippen LogP contribution in [0.15, 0.2) is 30.5 Å². The Morgan fingerprint density at radius 3 is 2.73 bits per heavy atom. The Bertz CT molecular complexity index is 1940. The molecule has 10 nitrogen and oxygen atoms in total. The van der Waals surface area contributed by atoms with Crippen molar-refractivity contribution in [3.05, 3.63) is 47.7 Å². The number of nitrogens with zero attached hydrogens (tertiary/aromatic N) is 5. The second-order valence-corrected chi connectivity index (χ2v) is 14.1. The molecule has 2 atom stereocenters. The Hall–Kier alpha value is -3.75. The molecule has 0 bridgehead atoms. The molecular weight excluding hydrogens is 609 g/mol. The van der Waals surface area contributed by atoms with E-state index in [1.54, 1.807) is 11.8 Å². The number of phenolic OH excluding ortho intramolecular Hbond substituents is 1. The summed E-state index contributed by atoms with van der Waals surface area (Å²) in [5.74, 6) is -1.52. The molecule has 5 heterocycles. The number of aryl methyl sites for hydroxylation is 1. The van der Waals surface area contributed by atoms with Gasteiger partial charge in [0.25, 0.3) is 0 Å². The third-order valence-electron chi connectivity index (χ3n) is 9.36. The largest absolute Gasteiger partial charge is 0.508 e. The minimum absolute atomic E-state index is 0.101. The molecule has 45 heavy (non-hydrogen) atoms. The summed E-state index contributed by atoms with van der Waals surface area (Å²) in [6.45, 7) is 3.65. The van der Waals surface area contributed by atoms with E-state index in [1.807, 2.05) is 0 Å². The lowest BCUT2D eigenvalue weighted by Gasteiger charge is -2.40. The van der Waals surface area contributed by atoms with Gasteiger partial charge in [0.05, 0.1) is 16.7 Å². The minimum Gasteiger partial charge on any atom is -0.508 e. The SMILES string of the molecule is CCc1c(F)ccc2cc(O)cc(-c3ncc4c(N5CC(CS(N)(=O)=O)C5)nc(OCC56CCCN5C[C@H](F)C6)nc4c3F)c12. The summed E-state index contributed by atoms with van der Waals surface area (Å²) in [7, 11) is -3.68. The predicted octanol–water partition coefficient (Wildman–Crippen LogP) is 4.07. The van der Waals surface area contributed by atoms with Crippen LogP contribution in [0.3, 0.4) is 0 Å². The van der Waals surface area contributed by atoms with Crippen LogP contribution in [-0.4, -0.2) is 83.6 Å². The number of anilines is 1. The highest BCUT2D eigenvalue weighted by Gasteiger charge is 2.49. The molecule has 1 unspecified atom stereocenters. The highest BCUT2D eigenvalue weighted by Crippen LogP contribution is 2.42. The molecule has 0 radical (unpaired) electrons. The predicted molar refractivity (Wildman–Crippen MR) is 163 cm³/mol. The van der Waals surface area contributed by atoms with Gasteiger partial charge < -0.3 is 14.7 Å². The van der Waals surface area contributed by atoms with Crippen molar-refractivity contribution < 1.29 is 31.4 Å². The Morgan fingerprint density at radius 1 is 1.18 bits per heavy atom. The fraction of sp³-hybridized carbons (Fsp3) is 0.452. The highest BCUT2D eigenvalue weighted by atomic mass is 32.2. The maximum atomic E-state index is 16.6. The molecule has 0 spiro atoms. The number of sulfonamides is 1. The number of aromatic nitrogens is 3. The molecule has 3 aliphatic rings. The second kappa shape index (κ2) is 11.0. The van der Waals surface area contributed by atoms with Gasteiger partial charge in [0.1, 0.15) is 41.4 Å². The van der Waals surface area contributed by atoms with Gasteiger partial charge in [0.2, 0.25) is 10.0 Å². The number of benzene rings is 2. The van der Waals surface area contributed by atoms with E-state index in [0.29, 0.717) is 54.6 Å². The zero-order valence-corrected chi connectivity index (χ0v) is 25.5. The number of pyridine rings is 1. The van der Waals surface area contributed by atoms with Crippen molar-refractivity contribution in [3.63, 3.8) is 0 Å². The molecule has 2 aromatic carbocycles. The molecule has 3 aliphatic heterocycles. The molecule has 3 saturated heterocycles. The van der Waals surface area contributed by atoms with E-state index >= 15 is 4.39 Å². The second-order valence-electron chi connectivity index (χ2n) is 12.4. The van der Waals surface area contributed by atoms with Gasteiger partial charge in [-0.1, -0.05) is 13.0 Å². The van der Waals surface area contributed by atoms with Gasteiger partial charge in [-0.15, -0.1) is 0 Å². The topological polar surface area (TPSA) is 135 Å². The molecular formula is C31H33F3N6O4S. The quantitative estimate of drug-likeness (QED) is 0.292. The molecule has 3 fully saturated rings. The fourth-order valence-electron chi connectivity index (χ4n) is 7.37. The Labute approximate surface area is 258 Å². The molecule has 238 valence electrons. The normalized spacial score (nSPS) is 22.3. The molecule has 7 rings (SSSR count). The summed E-state index contributed by atoms with van der Waals surface area (Å²) < 4.78 is 75.3. The number of aromatic hydroxyl groups is 1. The standard InChI is InChI=1S/C31H33F3N6O4S/c1-2-21-24(33)5-4-18-8-20(41)9-22(25(18)21)27-26(34)28-23(11-36-27)29(39-12-17(13-39)15-45(35,42)43)38-30(37-28)44-16-31-6-3-7-40(31)14-19(32)10-31/h4-5,8-9,11,17,19,41H,2-3,6-7,10,12-16H2,1H3,(H2,35,42,43)/t19-,31?/m1/s1. The van der Waals surface area contributed by atoms with Gasteiger partial charge >= 0.3 is 6.01 Å². The summed E-state index contributed by atoms with van der Waals surface area (Å²) in [5.41, 5.74) is -0.150.